The van der Waals surface area contributed by atoms with E-state index in [2.05, 4.69) is 15.5 Å². The summed E-state index contributed by atoms with van der Waals surface area (Å²) in [5, 5.41) is 8.02. The lowest BCUT2D eigenvalue weighted by Gasteiger charge is -2.09. The summed E-state index contributed by atoms with van der Waals surface area (Å²) in [4.78, 5) is 12.6. The number of rotatable bonds is 4. The van der Waals surface area contributed by atoms with Gasteiger partial charge in [0.15, 0.2) is 0 Å². The maximum atomic E-state index is 12.2. The van der Waals surface area contributed by atoms with Gasteiger partial charge < -0.3 is 10.2 Å². The molecule has 1 amide bonds. The Balaban J connectivity index is 2.43. The minimum atomic E-state index is -4.48. The molecule has 0 saturated carbocycles. The molecule has 0 unspecified atom stereocenters. The summed E-state index contributed by atoms with van der Waals surface area (Å²) in [5.74, 6) is -0.113. The molecule has 17 heavy (non-hydrogen) atoms. The molecule has 0 saturated heterocycles. The lowest BCUT2D eigenvalue weighted by molar-refractivity contribution is -0.138. The smallest absolute Gasteiger partial charge is 0.360 e. The standard InChI is InChI=1S/C8H11F3N4OS/c1-15(2)5(16)3-4-12-7-14-13-6(17-7)8(9,10)11/h3-4H2,1-2H3,(H,12,14). The van der Waals surface area contributed by atoms with Crippen LogP contribution in [0.4, 0.5) is 18.3 Å². The van der Waals surface area contributed by atoms with Crippen LogP contribution in [0.3, 0.4) is 0 Å². The number of hydrogen-bond donors (Lipinski definition) is 1. The van der Waals surface area contributed by atoms with E-state index < -0.39 is 11.2 Å². The van der Waals surface area contributed by atoms with Gasteiger partial charge >= 0.3 is 6.18 Å². The van der Waals surface area contributed by atoms with Crippen molar-refractivity contribution < 1.29 is 18.0 Å². The van der Waals surface area contributed by atoms with Gasteiger partial charge in [0.25, 0.3) is 0 Å². The molecule has 1 heterocycles. The van der Waals surface area contributed by atoms with Crippen LogP contribution in [0.5, 0.6) is 0 Å². The highest BCUT2D eigenvalue weighted by Crippen LogP contribution is 2.32. The summed E-state index contributed by atoms with van der Waals surface area (Å²) in [7, 11) is 3.21. The van der Waals surface area contributed by atoms with Gasteiger partial charge in [-0.1, -0.05) is 11.3 Å². The van der Waals surface area contributed by atoms with Crippen LogP contribution in [0.2, 0.25) is 0 Å². The second kappa shape index (κ2) is 5.30. The Morgan fingerprint density at radius 3 is 2.53 bits per heavy atom. The van der Waals surface area contributed by atoms with E-state index in [-0.39, 0.29) is 24.0 Å². The number of amides is 1. The zero-order chi connectivity index (χ0) is 13.1. The first-order chi connectivity index (χ1) is 7.80. The van der Waals surface area contributed by atoms with Gasteiger partial charge in [-0.2, -0.15) is 13.2 Å². The minimum Gasteiger partial charge on any atom is -0.360 e. The van der Waals surface area contributed by atoms with Gasteiger partial charge in [-0.3, -0.25) is 4.79 Å². The second-order valence-electron chi connectivity index (χ2n) is 3.38. The Labute approximate surface area is 99.6 Å². The van der Waals surface area contributed by atoms with Crippen molar-refractivity contribution in [3.05, 3.63) is 5.01 Å². The van der Waals surface area contributed by atoms with E-state index in [1.54, 1.807) is 14.1 Å². The van der Waals surface area contributed by atoms with E-state index in [0.717, 1.165) is 0 Å². The van der Waals surface area contributed by atoms with Crippen molar-refractivity contribution in [1.29, 1.82) is 0 Å². The molecule has 0 aliphatic rings. The lowest BCUT2D eigenvalue weighted by Crippen LogP contribution is -2.23. The lowest BCUT2D eigenvalue weighted by atomic mass is 10.4. The van der Waals surface area contributed by atoms with Gasteiger partial charge in [0.2, 0.25) is 16.0 Å². The van der Waals surface area contributed by atoms with Gasteiger partial charge in [0.05, 0.1) is 0 Å². The van der Waals surface area contributed by atoms with E-state index >= 15 is 0 Å². The van der Waals surface area contributed by atoms with Crippen LogP contribution in [-0.4, -0.2) is 41.6 Å². The first-order valence-electron chi connectivity index (χ1n) is 4.65. The van der Waals surface area contributed by atoms with Gasteiger partial charge in [-0.15, -0.1) is 10.2 Å². The molecule has 0 fully saturated rings. The predicted molar refractivity (Wildman–Crippen MR) is 56.7 cm³/mol. The Bertz CT molecular complexity index is 390. The summed E-state index contributed by atoms with van der Waals surface area (Å²) in [6.45, 7) is 0.226. The molecule has 0 aliphatic carbocycles. The topological polar surface area (TPSA) is 58.1 Å². The molecule has 9 heteroatoms. The molecule has 0 bridgehead atoms. The number of carbonyl (C=O) groups is 1. The Morgan fingerprint density at radius 2 is 2.06 bits per heavy atom. The average molecular weight is 268 g/mol. The van der Waals surface area contributed by atoms with Crippen LogP contribution in [0.1, 0.15) is 11.4 Å². The molecule has 0 spiro atoms. The van der Waals surface area contributed by atoms with Crippen LogP contribution < -0.4 is 5.32 Å². The third-order valence-corrected chi connectivity index (χ3v) is 2.71. The molecule has 1 rings (SSSR count). The van der Waals surface area contributed by atoms with E-state index in [1.807, 2.05) is 0 Å². The van der Waals surface area contributed by atoms with Crippen LogP contribution >= 0.6 is 11.3 Å². The predicted octanol–water partition coefficient (Wildman–Crippen LogP) is 1.45. The number of nitrogens with one attached hydrogen (secondary N) is 1. The molecule has 0 atom stereocenters. The number of aromatic nitrogens is 2. The van der Waals surface area contributed by atoms with Crippen molar-refractivity contribution in [2.45, 2.75) is 12.6 Å². The molecule has 0 radical (unpaired) electrons. The van der Waals surface area contributed by atoms with Crippen molar-refractivity contribution in [3.63, 3.8) is 0 Å². The highest BCUT2D eigenvalue weighted by Gasteiger charge is 2.35. The third-order valence-electron chi connectivity index (χ3n) is 1.78. The maximum Gasteiger partial charge on any atom is 0.445 e. The molecule has 0 aliphatic heterocycles. The van der Waals surface area contributed by atoms with E-state index in [1.165, 1.54) is 4.90 Å². The third kappa shape index (κ3) is 4.17. The molecule has 1 aromatic rings. The summed E-state index contributed by atoms with van der Waals surface area (Å²) >= 11 is 0.417. The molecular weight excluding hydrogens is 257 g/mol. The fourth-order valence-electron chi connectivity index (χ4n) is 0.909. The average Bonchev–Trinajstić information content (AvgIpc) is 2.65. The zero-order valence-electron chi connectivity index (χ0n) is 9.21. The van der Waals surface area contributed by atoms with Crippen molar-refractivity contribution >= 4 is 22.4 Å². The quantitative estimate of drug-likeness (QED) is 0.898. The number of hydrogen-bond acceptors (Lipinski definition) is 5. The molecule has 0 aromatic carbocycles. The SMILES string of the molecule is CN(C)C(=O)CCNc1nnc(C(F)(F)F)s1. The number of alkyl halides is 3. The first kappa shape index (κ1) is 13.7. The number of carbonyl (C=O) groups excluding carboxylic acids is 1. The summed E-state index contributed by atoms with van der Waals surface area (Å²) in [5.41, 5.74) is 0. The minimum absolute atomic E-state index is 0.0591. The molecule has 1 N–H and O–H groups in total. The largest absolute Gasteiger partial charge is 0.445 e. The number of nitrogens with zero attached hydrogens (tertiary/aromatic N) is 3. The van der Waals surface area contributed by atoms with Gasteiger partial charge in [-0.25, -0.2) is 0 Å². The van der Waals surface area contributed by atoms with Crippen LogP contribution in [0, 0.1) is 0 Å². The summed E-state index contributed by atoms with van der Waals surface area (Å²) < 4.78 is 36.5. The summed E-state index contributed by atoms with van der Waals surface area (Å²) in [6.07, 6.45) is -4.29. The normalized spacial score (nSPS) is 11.4. The van der Waals surface area contributed by atoms with Crippen LogP contribution in [0.25, 0.3) is 0 Å². The first-order valence-corrected chi connectivity index (χ1v) is 5.47. The van der Waals surface area contributed by atoms with Crippen molar-refractivity contribution in [1.82, 2.24) is 15.1 Å². The van der Waals surface area contributed by atoms with Crippen LogP contribution in [0.15, 0.2) is 0 Å². The Kier molecular flexibility index (Phi) is 4.27. The Hall–Kier alpha value is -1.38. The molecule has 96 valence electrons. The number of anilines is 1. The number of halogens is 3. The van der Waals surface area contributed by atoms with Gasteiger partial charge in [0, 0.05) is 27.1 Å². The zero-order valence-corrected chi connectivity index (χ0v) is 10.0. The summed E-state index contributed by atoms with van der Waals surface area (Å²) in [6, 6.07) is 0. The fourth-order valence-corrected chi connectivity index (χ4v) is 1.55. The van der Waals surface area contributed by atoms with Crippen molar-refractivity contribution in [2.24, 2.45) is 0 Å². The monoisotopic (exact) mass is 268 g/mol. The Morgan fingerprint density at radius 1 is 1.41 bits per heavy atom. The van der Waals surface area contributed by atoms with E-state index in [4.69, 9.17) is 0 Å². The molecular formula is C8H11F3N4OS. The fraction of sp³-hybridized carbons (Fsp3) is 0.625. The maximum absolute atomic E-state index is 12.2. The van der Waals surface area contributed by atoms with Crippen LogP contribution in [-0.2, 0) is 11.0 Å². The van der Waals surface area contributed by atoms with Crippen molar-refractivity contribution in [3.8, 4) is 0 Å². The van der Waals surface area contributed by atoms with Gasteiger partial charge in [-0.05, 0) is 0 Å². The highest BCUT2D eigenvalue weighted by molar-refractivity contribution is 7.15. The molecule has 1 aromatic heterocycles. The van der Waals surface area contributed by atoms with Gasteiger partial charge in [0.1, 0.15) is 0 Å². The molecule has 5 nitrogen and oxygen atoms in total. The van der Waals surface area contributed by atoms with Crippen molar-refractivity contribution in [2.75, 3.05) is 26.0 Å². The highest BCUT2D eigenvalue weighted by atomic mass is 32.1. The second-order valence-corrected chi connectivity index (χ2v) is 4.35. The van der Waals surface area contributed by atoms with E-state index in [0.29, 0.717) is 11.3 Å². The van der Waals surface area contributed by atoms with E-state index in [9.17, 15) is 18.0 Å².